The van der Waals surface area contributed by atoms with Gasteiger partial charge in [-0.25, -0.2) is 9.59 Å². The molecule has 0 aromatic heterocycles. The monoisotopic (exact) mass is 377 g/mol. The van der Waals surface area contributed by atoms with E-state index in [1.807, 2.05) is 24.3 Å². The van der Waals surface area contributed by atoms with Gasteiger partial charge < -0.3 is 20.1 Å². The molecule has 0 saturated heterocycles. The second-order valence-corrected chi connectivity index (χ2v) is 6.85. The van der Waals surface area contributed by atoms with Gasteiger partial charge in [0.1, 0.15) is 0 Å². The minimum Gasteiger partial charge on any atom is -0.462 e. The van der Waals surface area contributed by atoms with E-state index in [2.05, 4.69) is 22.5 Å². The molecule has 1 aliphatic rings. The molecule has 0 spiro atoms. The van der Waals surface area contributed by atoms with Gasteiger partial charge in [0.2, 0.25) is 0 Å². The van der Waals surface area contributed by atoms with Crippen molar-refractivity contribution in [2.24, 2.45) is 4.99 Å². The number of aliphatic imine (C=N–C) groups is 1. The maximum Gasteiger partial charge on any atom is 0.347 e. The van der Waals surface area contributed by atoms with E-state index in [-0.39, 0.29) is 18.8 Å². The first kappa shape index (κ1) is 19.8. The molecule has 1 aromatic rings. The Hall–Kier alpha value is -2.48. The van der Waals surface area contributed by atoms with Crippen LogP contribution < -0.4 is 10.6 Å². The number of esters is 2. The summed E-state index contributed by atoms with van der Waals surface area (Å²) in [4.78, 5) is 28.2. The molecule has 1 atom stereocenters. The fourth-order valence-corrected chi connectivity index (χ4v) is 2.95. The van der Waals surface area contributed by atoms with Crippen molar-refractivity contribution in [3.63, 3.8) is 0 Å². The van der Waals surface area contributed by atoms with Crippen molar-refractivity contribution in [2.45, 2.75) is 26.0 Å². The standard InChI is InChI=1S/C18H23N3O4S/c1-4-24-16(22)15(17(23)25-5-2)11-19-13-6-8-14(9-7-13)21-18-20-10-12(3)26-18/h6-9,11-12,19H,4-5,10H2,1-3H3,(H,20,21)/t12-/m0/s1. The van der Waals surface area contributed by atoms with Crippen molar-refractivity contribution in [3.8, 4) is 0 Å². The summed E-state index contributed by atoms with van der Waals surface area (Å²) >= 11 is 1.71. The van der Waals surface area contributed by atoms with E-state index in [1.165, 1.54) is 6.20 Å². The third-order valence-electron chi connectivity index (χ3n) is 3.31. The summed E-state index contributed by atoms with van der Waals surface area (Å²) in [6.07, 6.45) is 1.30. The van der Waals surface area contributed by atoms with Crippen molar-refractivity contribution in [3.05, 3.63) is 36.0 Å². The minimum atomic E-state index is -0.720. The minimum absolute atomic E-state index is 0.177. The van der Waals surface area contributed by atoms with Gasteiger partial charge in [-0.2, -0.15) is 0 Å². The molecule has 26 heavy (non-hydrogen) atoms. The molecular formula is C18H23N3O4S. The van der Waals surface area contributed by atoms with Crippen LogP contribution in [-0.2, 0) is 19.1 Å². The van der Waals surface area contributed by atoms with Crippen molar-refractivity contribution in [1.29, 1.82) is 0 Å². The van der Waals surface area contributed by atoms with Crippen LogP contribution in [0.4, 0.5) is 11.4 Å². The molecule has 8 heteroatoms. The highest BCUT2D eigenvalue weighted by atomic mass is 32.2. The lowest BCUT2D eigenvalue weighted by Gasteiger charge is -2.09. The largest absolute Gasteiger partial charge is 0.462 e. The highest BCUT2D eigenvalue weighted by Crippen LogP contribution is 2.22. The van der Waals surface area contributed by atoms with Gasteiger partial charge in [-0.05, 0) is 38.1 Å². The van der Waals surface area contributed by atoms with E-state index in [9.17, 15) is 9.59 Å². The molecule has 0 aliphatic carbocycles. The van der Waals surface area contributed by atoms with Gasteiger partial charge in [-0.3, -0.25) is 4.99 Å². The van der Waals surface area contributed by atoms with E-state index in [0.717, 1.165) is 23.1 Å². The van der Waals surface area contributed by atoms with Crippen molar-refractivity contribution in [2.75, 3.05) is 30.4 Å². The molecule has 1 aromatic carbocycles. The number of benzene rings is 1. The van der Waals surface area contributed by atoms with Gasteiger partial charge in [0.25, 0.3) is 0 Å². The third-order valence-corrected chi connectivity index (χ3v) is 4.32. The summed E-state index contributed by atoms with van der Waals surface area (Å²) in [6, 6.07) is 7.43. The molecule has 1 heterocycles. The second-order valence-electron chi connectivity index (χ2n) is 5.42. The Morgan fingerprint density at radius 1 is 1.15 bits per heavy atom. The maximum absolute atomic E-state index is 11.9. The Bertz CT molecular complexity index is 681. The van der Waals surface area contributed by atoms with Crippen LogP contribution in [0.25, 0.3) is 0 Å². The quantitative estimate of drug-likeness (QED) is 0.327. The number of thioether (sulfide) groups is 1. The van der Waals surface area contributed by atoms with Gasteiger partial charge in [0.15, 0.2) is 10.7 Å². The Morgan fingerprint density at radius 2 is 1.73 bits per heavy atom. The average molecular weight is 377 g/mol. The Morgan fingerprint density at radius 3 is 2.23 bits per heavy atom. The molecule has 0 bridgehead atoms. The Labute approximate surface area is 157 Å². The van der Waals surface area contributed by atoms with Crippen LogP contribution in [0.1, 0.15) is 20.8 Å². The Balaban J connectivity index is 2.01. The number of hydrogen-bond donors (Lipinski definition) is 2. The van der Waals surface area contributed by atoms with Gasteiger partial charge in [-0.1, -0.05) is 18.7 Å². The van der Waals surface area contributed by atoms with Crippen molar-refractivity contribution < 1.29 is 19.1 Å². The van der Waals surface area contributed by atoms with E-state index in [0.29, 0.717) is 5.25 Å². The van der Waals surface area contributed by atoms with Crippen LogP contribution >= 0.6 is 11.8 Å². The summed E-state index contributed by atoms with van der Waals surface area (Å²) in [5.41, 5.74) is 1.45. The van der Waals surface area contributed by atoms with Crippen molar-refractivity contribution >= 4 is 40.2 Å². The third kappa shape index (κ3) is 5.80. The zero-order valence-corrected chi connectivity index (χ0v) is 15.9. The normalized spacial score (nSPS) is 15.7. The molecule has 2 N–H and O–H groups in total. The smallest absolute Gasteiger partial charge is 0.347 e. The molecule has 2 rings (SSSR count). The number of rotatable bonds is 7. The number of anilines is 2. The number of nitrogens with zero attached hydrogens (tertiary/aromatic N) is 1. The molecule has 140 valence electrons. The summed E-state index contributed by atoms with van der Waals surface area (Å²) in [6.45, 7) is 6.66. The zero-order chi connectivity index (χ0) is 18.9. The number of ether oxygens (including phenoxy) is 2. The first-order chi connectivity index (χ1) is 12.5. The second kappa shape index (κ2) is 9.86. The molecule has 1 aliphatic heterocycles. The highest BCUT2D eigenvalue weighted by Gasteiger charge is 2.21. The number of carbonyl (C=O) groups excluding carboxylic acids is 2. The van der Waals surface area contributed by atoms with E-state index < -0.39 is 11.9 Å². The van der Waals surface area contributed by atoms with Crippen LogP contribution in [0.5, 0.6) is 0 Å². The first-order valence-electron chi connectivity index (χ1n) is 8.42. The summed E-state index contributed by atoms with van der Waals surface area (Å²) in [5.74, 6) is -1.44. The van der Waals surface area contributed by atoms with Gasteiger partial charge in [0, 0.05) is 22.8 Å². The lowest BCUT2D eigenvalue weighted by atomic mass is 10.2. The van der Waals surface area contributed by atoms with Gasteiger partial charge in [0.05, 0.1) is 19.8 Å². The lowest BCUT2D eigenvalue weighted by Crippen LogP contribution is -2.19. The van der Waals surface area contributed by atoms with Crippen LogP contribution in [0, 0.1) is 0 Å². The topological polar surface area (TPSA) is 89.0 Å². The van der Waals surface area contributed by atoms with Crippen LogP contribution in [-0.4, -0.2) is 42.1 Å². The highest BCUT2D eigenvalue weighted by molar-refractivity contribution is 8.15. The van der Waals surface area contributed by atoms with Crippen LogP contribution in [0.2, 0.25) is 0 Å². The number of hydrogen-bond acceptors (Lipinski definition) is 8. The van der Waals surface area contributed by atoms with Crippen LogP contribution in [0.15, 0.2) is 41.0 Å². The predicted molar refractivity (Wildman–Crippen MR) is 104 cm³/mol. The van der Waals surface area contributed by atoms with Gasteiger partial charge >= 0.3 is 11.9 Å². The molecule has 0 fully saturated rings. The van der Waals surface area contributed by atoms with Crippen molar-refractivity contribution in [1.82, 2.24) is 0 Å². The Kier molecular flexibility index (Phi) is 7.53. The molecule has 0 amide bonds. The number of nitrogens with one attached hydrogen (secondary N) is 2. The van der Waals surface area contributed by atoms with E-state index >= 15 is 0 Å². The summed E-state index contributed by atoms with van der Waals surface area (Å²) in [5, 5.41) is 7.58. The summed E-state index contributed by atoms with van der Waals surface area (Å²) < 4.78 is 9.78. The molecular weight excluding hydrogens is 354 g/mol. The molecule has 0 saturated carbocycles. The molecule has 0 radical (unpaired) electrons. The first-order valence-corrected chi connectivity index (χ1v) is 9.30. The average Bonchev–Trinajstić information content (AvgIpc) is 3.02. The number of carbonyl (C=O) groups is 2. The lowest BCUT2D eigenvalue weighted by molar-refractivity contribution is -0.146. The SMILES string of the molecule is CCOC(=O)C(=CNc1ccc(NC2=NC[C@H](C)S2)cc1)C(=O)OCC. The molecule has 7 nitrogen and oxygen atoms in total. The predicted octanol–water partition coefficient (Wildman–Crippen LogP) is 3.01. The van der Waals surface area contributed by atoms with Gasteiger partial charge in [-0.15, -0.1) is 0 Å². The molecule has 0 unspecified atom stereocenters. The zero-order valence-electron chi connectivity index (χ0n) is 15.1. The fourth-order valence-electron chi connectivity index (χ4n) is 2.09. The fraction of sp³-hybridized carbons (Fsp3) is 0.389. The van der Waals surface area contributed by atoms with E-state index in [1.54, 1.807) is 25.6 Å². The van der Waals surface area contributed by atoms with Crippen LogP contribution in [0.3, 0.4) is 0 Å². The number of amidine groups is 1. The maximum atomic E-state index is 11.9. The van der Waals surface area contributed by atoms with E-state index in [4.69, 9.17) is 9.47 Å². The summed E-state index contributed by atoms with van der Waals surface area (Å²) in [7, 11) is 0.